The molecule has 0 spiro atoms. The van der Waals surface area contributed by atoms with Crippen molar-refractivity contribution >= 4 is 43.2 Å². The molecule has 2 atom stereocenters. The Bertz CT molecular complexity index is 547. The average molecular weight is 386 g/mol. The normalized spacial score (nSPS) is 22.8. The van der Waals surface area contributed by atoms with E-state index in [1.165, 1.54) is 39.7 Å². The Morgan fingerprint density at radius 2 is 2.06 bits per heavy atom. The lowest BCUT2D eigenvalue weighted by Crippen LogP contribution is -2.18. The van der Waals surface area contributed by atoms with Crippen molar-refractivity contribution in [1.82, 2.24) is 0 Å². The smallest absolute Gasteiger partial charge is 0.0429 e. The van der Waals surface area contributed by atoms with Gasteiger partial charge in [0.2, 0.25) is 0 Å². The lowest BCUT2D eigenvalue weighted by molar-refractivity contribution is 0.455. The van der Waals surface area contributed by atoms with Gasteiger partial charge >= 0.3 is 0 Å². The number of fused-ring (bicyclic) bond motifs is 1. The van der Waals surface area contributed by atoms with Crippen molar-refractivity contribution in [2.75, 3.05) is 0 Å². The number of benzene rings is 1. The van der Waals surface area contributed by atoms with Gasteiger partial charge in [-0.05, 0) is 63.7 Å². The molecule has 2 aromatic rings. The van der Waals surface area contributed by atoms with Gasteiger partial charge in [-0.2, -0.15) is 0 Å². The molecule has 18 heavy (non-hydrogen) atoms. The highest BCUT2D eigenvalue weighted by Crippen LogP contribution is 2.43. The maximum Gasteiger partial charge on any atom is 0.0429 e. The highest BCUT2D eigenvalue weighted by atomic mass is 79.9. The predicted molar refractivity (Wildman–Crippen MR) is 85.6 cm³/mol. The third-order valence-corrected chi connectivity index (χ3v) is 6.88. The van der Waals surface area contributed by atoms with Crippen LogP contribution >= 0.6 is 43.2 Å². The molecule has 1 aliphatic carbocycles. The van der Waals surface area contributed by atoms with Crippen molar-refractivity contribution in [3.8, 4) is 0 Å². The summed E-state index contributed by atoms with van der Waals surface area (Å²) in [5.74, 6) is 0.704. The maximum absolute atomic E-state index is 3.91. The lowest BCUT2D eigenvalue weighted by Gasteiger charge is -2.29. The Kier molecular flexibility index (Phi) is 3.92. The Balaban J connectivity index is 1.83. The molecule has 0 saturated carbocycles. The van der Waals surface area contributed by atoms with Crippen molar-refractivity contribution in [2.24, 2.45) is 5.92 Å². The van der Waals surface area contributed by atoms with Crippen molar-refractivity contribution in [3.63, 3.8) is 0 Å². The van der Waals surface area contributed by atoms with Crippen LogP contribution in [0, 0.1) is 5.92 Å². The van der Waals surface area contributed by atoms with Crippen LogP contribution in [0.15, 0.2) is 40.2 Å². The van der Waals surface area contributed by atoms with Crippen LogP contribution in [0.4, 0.5) is 0 Å². The quantitative estimate of drug-likeness (QED) is 0.577. The van der Waals surface area contributed by atoms with Crippen LogP contribution in [-0.2, 0) is 12.8 Å². The second-order valence-corrected chi connectivity index (χ2v) is 7.64. The van der Waals surface area contributed by atoms with Crippen LogP contribution in [0.3, 0.4) is 0 Å². The third kappa shape index (κ3) is 2.45. The number of aryl methyl sites for hydroxylation is 1. The van der Waals surface area contributed by atoms with Crippen LogP contribution in [-0.4, -0.2) is 0 Å². The second-order valence-electron chi connectivity index (χ2n) is 4.80. The van der Waals surface area contributed by atoms with Gasteiger partial charge in [0.25, 0.3) is 0 Å². The summed E-state index contributed by atoms with van der Waals surface area (Å²) in [6.07, 6.45) is 3.66. The number of alkyl halides is 1. The van der Waals surface area contributed by atoms with Crippen LogP contribution in [0.25, 0.3) is 0 Å². The summed E-state index contributed by atoms with van der Waals surface area (Å²) < 4.78 is 1.27. The molecule has 94 valence electrons. The Labute approximate surface area is 129 Å². The van der Waals surface area contributed by atoms with E-state index in [1.54, 1.807) is 0 Å². The van der Waals surface area contributed by atoms with Gasteiger partial charge in [-0.25, -0.2) is 0 Å². The second kappa shape index (κ2) is 5.48. The number of thiophene rings is 1. The molecule has 0 aliphatic heterocycles. The zero-order valence-electron chi connectivity index (χ0n) is 9.90. The molecule has 0 amide bonds. The lowest BCUT2D eigenvalue weighted by atomic mass is 9.82. The van der Waals surface area contributed by atoms with Gasteiger partial charge in [0, 0.05) is 14.2 Å². The molecule has 1 aliphatic rings. The van der Waals surface area contributed by atoms with Crippen LogP contribution < -0.4 is 0 Å². The summed E-state index contributed by atoms with van der Waals surface area (Å²) in [5, 5.41) is 2.17. The number of halogens is 2. The molecule has 3 heteroatoms. The van der Waals surface area contributed by atoms with Gasteiger partial charge in [0.05, 0.1) is 0 Å². The standard InChI is InChI=1S/C15H14Br2S/c16-13-7-8-18-14(13)9-11-6-5-10-3-1-2-4-12(10)15(11)17/h1-4,7-8,11,15H,5-6,9H2. The molecular weight excluding hydrogens is 372 g/mol. The van der Waals surface area contributed by atoms with Gasteiger partial charge in [0.15, 0.2) is 0 Å². The van der Waals surface area contributed by atoms with E-state index < -0.39 is 0 Å². The van der Waals surface area contributed by atoms with Crippen LogP contribution in [0.2, 0.25) is 0 Å². The SMILES string of the molecule is Brc1ccsc1CC1CCc2ccccc2C1Br. The molecule has 0 N–H and O–H groups in total. The van der Waals surface area contributed by atoms with E-state index >= 15 is 0 Å². The zero-order valence-corrected chi connectivity index (χ0v) is 13.9. The van der Waals surface area contributed by atoms with E-state index in [-0.39, 0.29) is 0 Å². The number of hydrogen-bond donors (Lipinski definition) is 0. The largest absolute Gasteiger partial charge is 0.148 e. The molecule has 1 heterocycles. The van der Waals surface area contributed by atoms with Crippen LogP contribution in [0.1, 0.15) is 27.3 Å². The Morgan fingerprint density at radius 3 is 2.83 bits per heavy atom. The van der Waals surface area contributed by atoms with E-state index in [1.807, 2.05) is 11.3 Å². The molecule has 0 saturated heterocycles. The fourth-order valence-electron chi connectivity index (χ4n) is 2.69. The fourth-order valence-corrected chi connectivity index (χ4v) is 5.19. The van der Waals surface area contributed by atoms with Crippen molar-refractivity contribution in [1.29, 1.82) is 0 Å². The van der Waals surface area contributed by atoms with E-state index in [0.717, 1.165) is 0 Å². The molecule has 1 aromatic carbocycles. The van der Waals surface area contributed by atoms with Crippen molar-refractivity contribution < 1.29 is 0 Å². The van der Waals surface area contributed by atoms with Gasteiger partial charge in [-0.15, -0.1) is 11.3 Å². The highest BCUT2D eigenvalue weighted by molar-refractivity contribution is 9.10. The van der Waals surface area contributed by atoms with Gasteiger partial charge in [-0.1, -0.05) is 40.2 Å². The predicted octanol–water partition coefficient (Wildman–Crippen LogP) is 5.75. The molecule has 0 radical (unpaired) electrons. The average Bonchev–Trinajstić information content (AvgIpc) is 2.79. The minimum Gasteiger partial charge on any atom is -0.148 e. The van der Waals surface area contributed by atoms with Gasteiger partial charge < -0.3 is 0 Å². The summed E-state index contributed by atoms with van der Waals surface area (Å²) in [5.41, 5.74) is 3.00. The number of rotatable bonds is 2. The minimum atomic E-state index is 0.497. The molecule has 0 bridgehead atoms. The first-order chi connectivity index (χ1) is 8.75. The van der Waals surface area contributed by atoms with E-state index in [9.17, 15) is 0 Å². The maximum atomic E-state index is 3.91. The Morgan fingerprint density at radius 1 is 1.22 bits per heavy atom. The van der Waals surface area contributed by atoms with Gasteiger partial charge in [0.1, 0.15) is 0 Å². The van der Waals surface area contributed by atoms with E-state index in [2.05, 4.69) is 67.6 Å². The highest BCUT2D eigenvalue weighted by Gasteiger charge is 2.27. The summed E-state index contributed by atoms with van der Waals surface area (Å²) in [7, 11) is 0. The summed E-state index contributed by atoms with van der Waals surface area (Å²) in [6, 6.07) is 11.0. The first-order valence-corrected chi connectivity index (χ1v) is 8.78. The Hall–Kier alpha value is -0.120. The topological polar surface area (TPSA) is 0 Å². The van der Waals surface area contributed by atoms with Crippen LogP contribution in [0.5, 0.6) is 0 Å². The summed E-state index contributed by atoms with van der Waals surface area (Å²) >= 11 is 9.41. The number of hydrogen-bond acceptors (Lipinski definition) is 1. The van der Waals surface area contributed by atoms with E-state index in [4.69, 9.17) is 0 Å². The van der Waals surface area contributed by atoms with Crippen molar-refractivity contribution in [3.05, 3.63) is 56.2 Å². The molecule has 0 nitrogen and oxygen atoms in total. The molecule has 3 rings (SSSR count). The molecule has 0 fully saturated rings. The molecule has 2 unspecified atom stereocenters. The fraction of sp³-hybridized carbons (Fsp3) is 0.333. The first kappa shape index (κ1) is 12.9. The minimum absolute atomic E-state index is 0.497. The summed E-state index contributed by atoms with van der Waals surface area (Å²) in [4.78, 5) is 1.97. The van der Waals surface area contributed by atoms with E-state index in [0.29, 0.717) is 10.7 Å². The third-order valence-electron chi connectivity index (χ3n) is 3.69. The molecular formula is C15H14Br2S. The molecule has 1 aromatic heterocycles. The first-order valence-electron chi connectivity index (χ1n) is 6.19. The zero-order chi connectivity index (χ0) is 12.5. The van der Waals surface area contributed by atoms with Crippen molar-refractivity contribution in [2.45, 2.75) is 24.1 Å². The summed E-state index contributed by atoms with van der Waals surface area (Å²) in [6.45, 7) is 0. The van der Waals surface area contributed by atoms with Gasteiger partial charge in [-0.3, -0.25) is 0 Å². The monoisotopic (exact) mass is 384 g/mol.